The smallest absolute Gasteiger partial charge is 0.294 e. The van der Waals surface area contributed by atoms with E-state index in [4.69, 9.17) is 0 Å². The minimum Gasteiger partial charge on any atom is -0.507 e. The van der Waals surface area contributed by atoms with Gasteiger partial charge in [0.2, 0.25) is 0 Å². The standard InChI is InChI=1S/C17H12N2O7S/c20-15-3-1-2-11-8-13(27(24,25)26)9-14(16(11)15)18-17(21)10-4-6-12(7-5-10)19(22)23/h1-9,20H,(H,18,21)(H,24,25,26). The number of carbonyl (C=O) groups excluding carboxylic acids is 1. The summed E-state index contributed by atoms with van der Waals surface area (Å²) in [5, 5.41) is 23.7. The average molecular weight is 388 g/mol. The molecule has 0 radical (unpaired) electrons. The van der Waals surface area contributed by atoms with E-state index < -0.39 is 25.8 Å². The molecule has 3 aromatic rings. The summed E-state index contributed by atoms with van der Waals surface area (Å²) >= 11 is 0. The highest BCUT2D eigenvalue weighted by atomic mass is 32.2. The molecular weight excluding hydrogens is 376 g/mol. The molecule has 0 atom stereocenters. The number of non-ortho nitro benzene ring substituents is 1. The Morgan fingerprint density at radius 2 is 1.74 bits per heavy atom. The molecule has 9 nitrogen and oxygen atoms in total. The van der Waals surface area contributed by atoms with Crippen molar-refractivity contribution in [2.24, 2.45) is 0 Å². The molecule has 0 heterocycles. The third-order valence-corrected chi connectivity index (χ3v) is 4.65. The van der Waals surface area contributed by atoms with Crippen LogP contribution in [0.25, 0.3) is 10.8 Å². The van der Waals surface area contributed by atoms with Gasteiger partial charge in [0.05, 0.1) is 15.5 Å². The molecule has 0 saturated heterocycles. The van der Waals surface area contributed by atoms with Crippen LogP contribution in [-0.2, 0) is 10.1 Å². The number of benzene rings is 3. The molecule has 0 saturated carbocycles. The molecule has 0 aromatic heterocycles. The Kier molecular flexibility index (Phi) is 4.52. The summed E-state index contributed by atoms with van der Waals surface area (Å²) in [5.74, 6) is -0.879. The molecule has 10 heteroatoms. The Morgan fingerprint density at radius 1 is 1.07 bits per heavy atom. The first-order chi connectivity index (χ1) is 12.7. The molecule has 1 amide bonds. The number of phenols is 1. The molecule has 0 fully saturated rings. The monoisotopic (exact) mass is 388 g/mol. The number of fused-ring (bicyclic) bond motifs is 1. The van der Waals surface area contributed by atoms with E-state index in [0.717, 1.165) is 24.3 Å². The molecule has 138 valence electrons. The molecule has 27 heavy (non-hydrogen) atoms. The maximum Gasteiger partial charge on any atom is 0.294 e. The van der Waals surface area contributed by atoms with Gasteiger partial charge in [0, 0.05) is 23.1 Å². The molecule has 0 unspecified atom stereocenters. The van der Waals surface area contributed by atoms with Crippen LogP contribution in [0.15, 0.2) is 59.5 Å². The Hall–Kier alpha value is -3.50. The molecule has 0 bridgehead atoms. The van der Waals surface area contributed by atoms with Gasteiger partial charge in [-0.2, -0.15) is 8.42 Å². The van der Waals surface area contributed by atoms with Crippen LogP contribution in [0.1, 0.15) is 10.4 Å². The third kappa shape index (κ3) is 3.71. The Bertz CT molecular complexity index is 1170. The van der Waals surface area contributed by atoms with Gasteiger partial charge in [-0.05, 0) is 35.7 Å². The number of hydrogen-bond donors (Lipinski definition) is 3. The van der Waals surface area contributed by atoms with Gasteiger partial charge >= 0.3 is 0 Å². The van der Waals surface area contributed by atoms with Crippen LogP contribution in [0.2, 0.25) is 0 Å². The Labute approximate surface area is 152 Å². The summed E-state index contributed by atoms with van der Waals surface area (Å²) in [6, 6.07) is 11.3. The number of hydrogen-bond acceptors (Lipinski definition) is 6. The quantitative estimate of drug-likeness (QED) is 0.354. The van der Waals surface area contributed by atoms with Crippen LogP contribution in [-0.4, -0.2) is 28.9 Å². The summed E-state index contributed by atoms with van der Waals surface area (Å²) < 4.78 is 32.3. The van der Waals surface area contributed by atoms with Crippen LogP contribution in [0.4, 0.5) is 11.4 Å². The van der Waals surface area contributed by atoms with Crippen molar-refractivity contribution in [1.82, 2.24) is 0 Å². The van der Waals surface area contributed by atoms with Gasteiger partial charge in [0.1, 0.15) is 5.75 Å². The number of nitro benzene ring substituents is 1. The Balaban J connectivity index is 2.07. The van der Waals surface area contributed by atoms with Crippen molar-refractivity contribution in [3.8, 4) is 5.75 Å². The van der Waals surface area contributed by atoms with Crippen molar-refractivity contribution in [3.63, 3.8) is 0 Å². The van der Waals surface area contributed by atoms with Gasteiger partial charge in [-0.1, -0.05) is 12.1 Å². The highest BCUT2D eigenvalue weighted by Gasteiger charge is 2.18. The van der Waals surface area contributed by atoms with E-state index >= 15 is 0 Å². The van der Waals surface area contributed by atoms with Crippen LogP contribution in [0.3, 0.4) is 0 Å². The van der Waals surface area contributed by atoms with E-state index in [9.17, 15) is 33.0 Å². The number of rotatable bonds is 4. The van der Waals surface area contributed by atoms with E-state index in [1.54, 1.807) is 0 Å². The second kappa shape index (κ2) is 6.67. The van der Waals surface area contributed by atoms with Crippen LogP contribution >= 0.6 is 0 Å². The number of nitro groups is 1. The number of amides is 1. The molecule has 0 spiro atoms. The highest BCUT2D eigenvalue weighted by Crippen LogP contribution is 2.34. The predicted octanol–water partition coefficient (Wildman–Crippen LogP) is 2.95. The minimum atomic E-state index is -4.55. The van der Waals surface area contributed by atoms with Crippen molar-refractivity contribution >= 4 is 38.2 Å². The van der Waals surface area contributed by atoms with Gasteiger partial charge in [0.25, 0.3) is 21.7 Å². The number of phenolic OH excluding ortho intramolecular Hbond substituents is 1. The van der Waals surface area contributed by atoms with Gasteiger partial charge in [-0.3, -0.25) is 19.5 Å². The van der Waals surface area contributed by atoms with Gasteiger partial charge < -0.3 is 10.4 Å². The zero-order valence-electron chi connectivity index (χ0n) is 13.5. The fourth-order valence-corrected chi connectivity index (χ4v) is 3.10. The van der Waals surface area contributed by atoms with Crippen LogP contribution < -0.4 is 5.32 Å². The van der Waals surface area contributed by atoms with Gasteiger partial charge in [0.15, 0.2) is 0 Å². The zero-order valence-corrected chi connectivity index (χ0v) is 14.3. The normalized spacial score (nSPS) is 11.3. The first kappa shape index (κ1) is 18.3. The summed E-state index contributed by atoms with van der Waals surface area (Å²) in [4.78, 5) is 22.1. The second-order valence-corrected chi connectivity index (χ2v) is 7.00. The summed E-state index contributed by atoms with van der Waals surface area (Å²) in [7, 11) is -4.55. The number of carbonyl (C=O) groups is 1. The lowest BCUT2D eigenvalue weighted by molar-refractivity contribution is -0.384. The zero-order chi connectivity index (χ0) is 19.8. The fourth-order valence-electron chi connectivity index (χ4n) is 2.56. The van der Waals surface area contributed by atoms with Gasteiger partial charge in [-0.25, -0.2) is 0 Å². The summed E-state index contributed by atoms with van der Waals surface area (Å²) in [6.07, 6.45) is 0. The number of nitrogens with one attached hydrogen (secondary N) is 1. The SMILES string of the molecule is O=C(Nc1cc(S(=O)(=O)O)cc2cccc(O)c12)c1ccc([N+](=O)[O-])cc1. The van der Waals surface area contributed by atoms with E-state index in [1.165, 1.54) is 30.3 Å². The molecule has 3 rings (SSSR count). The lowest BCUT2D eigenvalue weighted by atomic mass is 10.1. The van der Waals surface area contributed by atoms with Crippen molar-refractivity contribution in [2.75, 3.05) is 5.32 Å². The average Bonchev–Trinajstić information content (AvgIpc) is 2.60. The lowest BCUT2D eigenvalue weighted by Crippen LogP contribution is -2.13. The molecule has 0 aliphatic heterocycles. The van der Waals surface area contributed by atoms with Crippen molar-refractivity contribution in [2.45, 2.75) is 4.90 Å². The van der Waals surface area contributed by atoms with Crippen LogP contribution in [0.5, 0.6) is 5.75 Å². The number of nitrogens with zero attached hydrogens (tertiary/aromatic N) is 1. The molecular formula is C17H12N2O7S. The maximum absolute atomic E-state index is 12.4. The predicted molar refractivity (Wildman–Crippen MR) is 96.5 cm³/mol. The topological polar surface area (TPSA) is 147 Å². The third-order valence-electron chi connectivity index (χ3n) is 3.81. The first-order valence-corrected chi connectivity index (χ1v) is 8.90. The summed E-state index contributed by atoms with van der Waals surface area (Å²) in [6.45, 7) is 0. The van der Waals surface area contributed by atoms with Crippen molar-refractivity contribution in [3.05, 3.63) is 70.3 Å². The van der Waals surface area contributed by atoms with Crippen molar-refractivity contribution in [1.29, 1.82) is 0 Å². The molecule has 0 aliphatic carbocycles. The van der Waals surface area contributed by atoms with E-state index in [0.29, 0.717) is 0 Å². The largest absolute Gasteiger partial charge is 0.507 e. The number of anilines is 1. The fraction of sp³-hybridized carbons (Fsp3) is 0. The van der Waals surface area contributed by atoms with Crippen LogP contribution in [0, 0.1) is 10.1 Å². The molecule has 3 aromatic carbocycles. The highest BCUT2D eigenvalue weighted by molar-refractivity contribution is 7.85. The second-order valence-electron chi connectivity index (χ2n) is 5.58. The molecule has 0 aliphatic rings. The van der Waals surface area contributed by atoms with E-state index in [1.807, 2.05) is 0 Å². The minimum absolute atomic E-state index is 0.0402. The van der Waals surface area contributed by atoms with Crippen molar-refractivity contribution < 1.29 is 27.8 Å². The lowest BCUT2D eigenvalue weighted by Gasteiger charge is -2.12. The number of aromatic hydroxyl groups is 1. The first-order valence-electron chi connectivity index (χ1n) is 7.46. The Morgan fingerprint density at radius 3 is 2.33 bits per heavy atom. The van der Waals surface area contributed by atoms with Gasteiger partial charge in [-0.15, -0.1) is 0 Å². The van der Waals surface area contributed by atoms with E-state index in [-0.39, 0.29) is 33.5 Å². The molecule has 3 N–H and O–H groups in total. The maximum atomic E-state index is 12.4. The van der Waals surface area contributed by atoms with E-state index in [2.05, 4.69) is 5.32 Å². The summed E-state index contributed by atoms with van der Waals surface area (Å²) in [5.41, 5.74) is -0.147.